The summed E-state index contributed by atoms with van der Waals surface area (Å²) in [4.78, 5) is 0.123. The van der Waals surface area contributed by atoms with Crippen LogP contribution in [0.15, 0.2) is 29.7 Å². The monoisotopic (exact) mass is 314 g/mol. The smallest absolute Gasteiger partial charge is 0.243 e. The van der Waals surface area contributed by atoms with Gasteiger partial charge in [0.15, 0.2) is 0 Å². The Kier molecular flexibility index (Phi) is 6.51. The molecule has 0 aliphatic rings. The third kappa shape index (κ3) is 4.12. The molecule has 0 aliphatic heterocycles. The van der Waals surface area contributed by atoms with Gasteiger partial charge in [-0.05, 0) is 31.2 Å². The molecule has 1 N–H and O–H groups in total. The maximum atomic E-state index is 14.1. The van der Waals surface area contributed by atoms with Gasteiger partial charge in [0, 0.05) is 25.2 Å². The van der Waals surface area contributed by atoms with Crippen LogP contribution in [0.1, 0.15) is 25.0 Å². The highest BCUT2D eigenvalue weighted by atomic mass is 32.2. The molecule has 118 valence electrons. The summed E-state index contributed by atoms with van der Waals surface area (Å²) in [7, 11) is -3.63. The van der Waals surface area contributed by atoms with E-state index in [1.807, 2.05) is 6.92 Å². The van der Waals surface area contributed by atoms with E-state index in [0.29, 0.717) is 30.8 Å². The molecule has 4 nitrogen and oxygen atoms in total. The summed E-state index contributed by atoms with van der Waals surface area (Å²) < 4.78 is 40.5. The first-order chi connectivity index (χ1) is 9.88. The second kappa shape index (κ2) is 7.68. The van der Waals surface area contributed by atoms with Crippen molar-refractivity contribution >= 4 is 10.0 Å². The Labute approximate surface area is 126 Å². The molecule has 1 rings (SSSR count). The zero-order valence-corrected chi connectivity index (χ0v) is 13.6. The Morgan fingerprint density at radius 1 is 1.38 bits per heavy atom. The van der Waals surface area contributed by atoms with E-state index in [9.17, 15) is 12.8 Å². The molecule has 0 saturated carbocycles. The molecule has 0 radical (unpaired) electrons. The molecular formula is C15H23FN2O2S. The highest BCUT2D eigenvalue weighted by Gasteiger charge is 2.24. The molecule has 1 aromatic carbocycles. The van der Waals surface area contributed by atoms with Gasteiger partial charge in [-0.25, -0.2) is 12.8 Å². The number of sulfonamides is 1. The lowest BCUT2D eigenvalue weighted by Crippen LogP contribution is -2.31. The third-order valence-corrected chi connectivity index (χ3v) is 5.11. The van der Waals surface area contributed by atoms with Crippen LogP contribution in [0.3, 0.4) is 0 Å². The van der Waals surface area contributed by atoms with Crippen molar-refractivity contribution in [3.05, 3.63) is 41.7 Å². The average molecular weight is 314 g/mol. The molecule has 0 aromatic heterocycles. The predicted octanol–water partition coefficient (Wildman–Crippen LogP) is 2.44. The summed E-state index contributed by atoms with van der Waals surface area (Å²) in [6.45, 7) is 10.4. The summed E-state index contributed by atoms with van der Waals surface area (Å²) in [5.74, 6) is -0.360. The number of hydrogen-bond acceptors (Lipinski definition) is 3. The lowest BCUT2D eigenvalue weighted by molar-refractivity contribution is 0.459. The molecule has 0 fully saturated rings. The van der Waals surface area contributed by atoms with E-state index in [-0.39, 0.29) is 17.3 Å². The van der Waals surface area contributed by atoms with Crippen LogP contribution >= 0.6 is 0 Å². The Morgan fingerprint density at radius 2 is 2.05 bits per heavy atom. The van der Waals surface area contributed by atoms with E-state index in [1.54, 1.807) is 13.8 Å². The van der Waals surface area contributed by atoms with Crippen LogP contribution in [0, 0.1) is 12.7 Å². The van der Waals surface area contributed by atoms with Crippen LogP contribution in [0.25, 0.3) is 0 Å². The lowest BCUT2D eigenvalue weighted by Gasteiger charge is -2.20. The predicted molar refractivity (Wildman–Crippen MR) is 83.1 cm³/mol. The molecule has 6 heteroatoms. The van der Waals surface area contributed by atoms with Crippen LogP contribution in [-0.4, -0.2) is 32.4 Å². The van der Waals surface area contributed by atoms with Crippen LogP contribution in [0.5, 0.6) is 0 Å². The van der Waals surface area contributed by atoms with Crippen molar-refractivity contribution in [2.45, 2.75) is 32.2 Å². The fraction of sp³-hybridized carbons (Fsp3) is 0.467. The van der Waals surface area contributed by atoms with Gasteiger partial charge in [-0.15, -0.1) is 6.58 Å². The topological polar surface area (TPSA) is 49.4 Å². The Bertz CT molecular complexity index is 600. The van der Waals surface area contributed by atoms with Gasteiger partial charge in [-0.2, -0.15) is 4.31 Å². The molecule has 0 saturated heterocycles. The van der Waals surface area contributed by atoms with Gasteiger partial charge in [0.2, 0.25) is 10.0 Å². The molecule has 0 bridgehead atoms. The number of nitrogens with zero attached hydrogens (tertiary/aromatic N) is 1. The van der Waals surface area contributed by atoms with E-state index in [0.717, 1.165) is 0 Å². The fourth-order valence-corrected chi connectivity index (χ4v) is 3.59. The average Bonchev–Trinajstić information content (AvgIpc) is 2.45. The molecule has 0 heterocycles. The second-order valence-corrected chi connectivity index (χ2v) is 6.68. The van der Waals surface area contributed by atoms with Crippen LogP contribution in [0.2, 0.25) is 0 Å². The third-order valence-electron chi connectivity index (χ3n) is 3.19. The van der Waals surface area contributed by atoms with Crippen LogP contribution in [0.4, 0.5) is 4.39 Å². The number of rotatable bonds is 8. The minimum Gasteiger partial charge on any atom is -0.313 e. The van der Waals surface area contributed by atoms with E-state index in [2.05, 4.69) is 11.9 Å². The van der Waals surface area contributed by atoms with E-state index in [4.69, 9.17) is 0 Å². The number of benzene rings is 1. The van der Waals surface area contributed by atoms with Crippen LogP contribution in [-0.2, 0) is 16.6 Å². The van der Waals surface area contributed by atoms with Crippen molar-refractivity contribution in [2.75, 3.05) is 19.6 Å². The van der Waals surface area contributed by atoms with Crippen molar-refractivity contribution in [1.29, 1.82) is 0 Å². The first kappa shape index (κ1) is 17.8. The number of hydrogen-bond donors (Lipinski definition) is 1. The summed E-state index contributed by atoms with van der Waals surface area (Å²) in [6, 6.07) is 2.79. The summed E-state index contributed by atoms with van der Waals surface area (Å²) in [6.07, 6.45) is 1.54. The van der Waals surface area contributed by atoms with Gasteiger partial charge < -0.3 is 5.32 Å². The summed E-state index contributed by atoms with van der Waals surface area (Å²) in [5, 5.41) is 3.02. The van der Waals surface area contributed by atoms with Crippen molar-refractivity contribution in [3.63, 3.8) is 0 Å². The minimum absolute atomic E-state index is 0.123. The van der Waals surface area contributed by atoms with Gasteiger partial charge in [0.05, 0.1) is 4.90 Å². The highest BCUT2D eigenvalue weighted by Crippen LogP contribution is 2.22. The van der Waals surface area contributed by atoms with Gasteiger partial charge in [-0.3, -0.25) is 0 Å². The molecular weight excluding hydrogens is 291 g/mol. The zero-order chi connectivity index (χ0) is 16.0. The van der Waals surface area contributed by atoms with E-state index >= 15 is 0 Å². The van der Waals surface area contributed by atoms with Crippen molar-refractivity contribution < 1.29 is 12.8 Å². The molecule has 0 spiro atoms. The normalized spacial score (nSPS) is 11.9. The Balaban J connectivity index is 3.29. The minimum atomic E-state index is -3.63. The zero-order valence-electron chi connectivity index (χ0n) is 12.8. The van der Waals surface area contributed by atoms with Crippen LogP contribution < -0.4 is 5.32 Å². The quantitative estimate of drug-likeness (QED) is 0.750. The number of nitrogens with one attached hydrogen (secondary N) is 1. The number of halogens is 1. The van der Waals surface area contributed by atoms with E-state index in [1.165, 1.54) is 22.5 Å². The Morgan fingerprint density at radius 3 is 2.57 bits per heavy atom. The Hall–Kier alpha value is -1.24. The van der Waals surface area contributed by atoms with Crippen molar-refractivity contribution in [1.82, 2.24) is 9.62 Å². The van der Waals surface area contributed by atoms with Gasteiger partial charge in [-0.1, -0.05) is 19.9 Å². The van der Waals surface area contributed by atoms with Crippen molar-refractivity contribution in [3.8, 4) is 0 Å². The van der Waals surface area contributed by atoms with Gasteiger partial charge >= 0.3 is 0 Å². The SMILES string of the molecule is C=CCN(CC)S(=O)(=O)c1cc(C)c(F)c(CNCC)c1. The van der Waals surface area contributed by atoms with Gasteiger partial charge in [0.25, 0.3) is 0 Å². The maximum Gasteiger partial charge on any atom is 0.243 e. The van der Waals surface area contributed by atoms with E-state index < -0.39 is 10.0 Å². The first-order valence-corrected chi connectivity index (χ1v) is 8.43. The molecule has 0 atom stereocenters. The molecule has 0 amide bonds. The highest BCUT2D eigenvalue weighted by molar-refractivity contribution is 7.89. The van der Waals surface area contributed by atoms with Gasteiger partial charge in [0.1, 0.15) is 5.82 Å². The summed E-state index contributed by atoms with van der Waals surface area (Å²) >= 11 is 0. The molecule has 1 aromatic rings. The largest absolute Gasteiger partial charge is 0.313 e. The lowest BCUT2D eigenvalue weighted by atomic mass is 10.1. The molecule has 0 unspecified atom stereocenters. The summed E-state index contributed by atoms with van der Waals surface area (Å²) in [5.41, 5.74) is 0.698. The molecule has 0 aliphatic carbocycles. The standard InChI is InChI=1S/C15H23FN2O2S/c1-5-8-18(7-3)21(19,20)14-9-12(4)15(16)13(10-14)11-17-6-2/h5,9-10,17H,1,6-8,11H2,2-4H3. The molecule has 21 heavy (non-hydrogen) atoms. The number of aryl methyl sites for hydroxylation is 1. The first-order valence-electron chi connectivity index (χ1n) is 6.99. The fourth-order valence-electron chi connectivity index (χ4n) is 2.03. The second-order valence-electron chi connectivity index (χ2n) is 4.74. The van der Waals surface area contributed by atoms with Crippen molar-refractivity contribution in [2.24, 2.45) is 0 Å². The maximum absolute atomic E-state index is 14.1. The number of likely N-dealkylation sites (N-methyl/N-ethyl adjacent to an activating group) is 1.